The molecule has 0 atom stereocenters. The van der Waals surface area contributed by atoms with Gasteiger partial charge >= 0.3 is 0 Å². The summed E-state index contributed by atoms with van der Waals surface area (Å²) in [5.74, 6) is 1.47. The molecule has 0 radical (unpaired) electrons. The zero-order chi connectivity index (χ0) is 42.7. The van der Waals surface area contributed by atoms with Gasteiger partial charge < -0.3 is 0 Å². The molecule has 6 aromatic rings. The Morgan fingerprint density at radius 2 is 0.804 bits per heavy atom. The standard InChI is InChI=1S/2C5H6N2.4C4H5N3.6C2H6.2CH4/c1-5-2-6-4-7-3-5;1-5-4-6-2-3-7-5;1-4-6-2-5-3-7-4;1-4-2-6-7-3-5-4;1-4-2-5-3-6-7-4;1-4-5-2-3-6-7-4;6*1-2;;/h2*2-4H,1H3;4*2-3H,1H3;6*1-2H3;2*1H4. The second-order valence-electron chi connectivity index (χ2n) is 7.63. The molecule has 6 aromatic heterocycles. The molecule has 0 unspecified atom stereocenters. The second kappa shape index (κ2) is 64.2. The van der Waals surface area contributed by atoms with E-state index in [4.69, 9.17) is 0 Å². The number of hydrogen-bond acceptors (Lipinski definition) is 16. The Labute approximate surface area is 341 Å². The van der Waals surface area contributed by atoms with E-state index in [0.717, 1.165) is 28.5 Å². The van der Waals surface area contributed by atoms with E-state index in [-0.39, 0.29) is 14.9 Å². The summed E-state index contributed by atoms with van der Waals surface area (Å²) in [4.78, 5) is 37.7. The maximum Gasteiger partial charge on any atom is 0.147 e. The van der Waals surface area contributed by atoms with Gasteiger partial charge in [-0.05, 0) is 47.1 Å². The molecule has 0 spiro atoms. The van der Waals surface area contributed by atoms with Gasteiger partial charge in [0.05, 0.1) is 35.7 Å². The first-order valence-corrected chi connectivity index (χ1v) is 18.2. The van der Waals surface area contributed by atoms with Crippen molar-refractivity contribution in [1.29, 1.82) is 0 Å². The summed E-state index contributed by atoms with van der Waals surface area (Å²) in [6.07, 6.45) is 22.3. The van der Waals surface area contributed by atoms with Crippen LogP contribution in [0.4, 0.5) is 0 Å². The minimum absolute atomic E-state index is 0. The predicted molar refractivity (Wildman–Crippen MR) is 233 cm³/mol. The average molecular weight is 781 g/mol. The van der Waals surface area contributed by atoms with Gasteiger partial charge in [-0.3, -0.25) is 9.97 Å². The van der Waals surface area contributed by atoms with Gasteiger partial charge in [-0.1, -0.05) is 97.9 Å². The monoisotopic (exact) mass is 781 g/mol. The van der Waals surface area contributed by atoms with Gasteiger partial charge in [-0.15, -0.1) is 15.3 Å². The fourth-order valence-electron chi connectivity index (χ4n) is 1.97. The van der Waals surface area contributed by atoms with Gasteiger partial charge in [0.1, 0.15) is 43.3 Å². The van der Waals surface area contributed by atoms with E-state index < -0.39 is 0 Å². The lowest BCUT2D eigenvalue weighted by molar-refractivity contribution is 0.907. The van der Waals surface area contributed by atoms with Crippen LogP contribution < -0.4 is 0 Å². The van der Waals surface area contributed by atoms with Crippen molar-refractivity contribution in [1.82, 2.24) is 80.4 Å². The Bertz CT molecular complexity index is 1120. The largest absolute Gasteiger partial charge is 0.261 e. The first-order valence-electron chi connectivity index (χ1n) is 18.2. The fourth-order valence-corrected chi connectivity index (χ4v) is 1.97. The van der Waals surface area contributed by atoms with E-state index in [1.165, 1.54) is 31.6 Å². The van der Waals surface area contributed by atoms with E-state index in [0.29, 0.717) is 5.82 Å². The zero-order valence-electron chi connectivity index (χ0n) is 36.2. The van der Waals surface area contributed by atoms with E-state index in [1.54, 1.807) is 62.7 Å². The molecule has 0 fully saturated rings. The molecule has 6 heterocycles. The van der Waals surface area contributed by atoms with E-state index in [9.17, 15) is 0 Å². The molecule has 0 bridgehead atoms. The Kier molecular flexibility index (Phi) is 78.2. The average Bonchev–Trinajstić information content (AvgIpc) is 3.25. The van der Waals surface area contributed by atoms with Crippen LogP contribution in [-0.2, 0) is 0 Å². The summed E-state index contributed by atoms with van der Waals surface area (Å²) >= 11 is 0. The lowest BCUT2D eigenvalue weighted by Gasteiger charge is -1.81. The van der Waals surface area contributed by atoms with Crippen LogP contribution in [0.25, 0.3) is 0 Å². The molecule has 0 aliphatic carbocycles. The van der Waals surface area contributed by atoms with Gasteiger partial charge in [0.25, 0.3) is 0 Å². The highest BCUT2D eigenvalue weighted by molar-refractivity contribution is 4.97. The molecule has 16 nitrogen and oxygen atoms in total. The third-order valence-corrected chi connectivity index (χ3v) is 3.82. The first kappa shape index (κ1) is 68.2. The van der Waals surface area contributed by atoms with Gasteiger partial charge in [0, 0.05) is 37.2 Å². The van der Waals surface area contributed by atoms with E-state index in [2.05, 4.69) is 80.4 Å². The molecule has 0 aliphatic heterocycles. The van der Waals surface area contributed by atoms with Crippen molar-refractivity contribution in [3.05, 3.63) is 122 Å². The minimum atomic E-state index is 0. The number of aryl methyl sites for hydroxylation is 6. The lowest BCUT2D eigenvalue weighted by atomic mass is 10.4. The van der Waals surface area contributed by atoms with Gasteiger partial charge in [-0.2, -0.15) is 15.3 Å². The quantitative estimate of drug-likeness (QED) is 0.140. The predicted octanol–water partition coefficient (Wildman–Crippen LogP) is 9.72. The Balaban J connectivity index is -0.0000000775. The van der Waals surface area contributed by atoms with Crippen molar-refractivity contribution in [2.75, 3.05) is 0 Å². The first-order chi connectivity index (χ1) is 26.4. The molecule has 0 saturated heterocycles. The normalized spacial score (nSPS) is 7.18. The summed E-state index contributed by atoms with van der Waals surface area (Å²) in [5, 5.41) is 21.4. The molecular weight excluding hydrogens is 705 g/mol. The summed E-state index contributed by atoms with van der Waals surface area (Å²) in [6.45, 7) is 35.2. The summed E-state index contributed by atoms with van der Waals surface area (Å²) in [6, 6.07) is 0. The molecule has 0 aromatic carbocycles. The molecule has 0 aliphatic rings. The van der Waals surface area contributed by atoms with Crippen molar-refractivity contribution in [2.45, 2.75) is 139 Å². The molecule has 16 heteroatoms. The van der Waals surface area contributed by atoms with Gasteiger partial charge in [-0.25, -0.2) is 39.9 Å². The third-order valence-electron chi connectivity index (χ3n) is 3.82. The molecule has 6 rings (SSSR count). The van der Waals surface area contributed by atoms with Crippen LogP contribution in [0.15, 0.2) is 87.4 Å². The van der Waals surface area contributed by atoms with Crippen LogP contribution in [0, 0.1) is 41.5 Å². The molecule has 0 N–H and O–H groups in total. The smallest absolute Gasteiger partial charge is 0.147 e. The van der Waals surface area contributed by atoms with Crippen molar-refractivity contribution < 1.29 is 0 Å². The second-order valence-corrected chi connectivity index (χ2v) is 7.63. The van der Waals surface area contributed by atoms with Gasteiger partial charge in [0.15, 0.2) is 0 Å². The number of hydrogen-bond donors (Lipinski definition) is 0. The van der Waals surface area contributed by atoms with Crippen LogP contribution in [-0.4, -0.2) is 80.4 Å². The minimum Gasteiger partial charge on any atom is -0.261 e. The van der Waals surface area contributed by atoms with Crippen molar-refractivity contribution >= 4 is 0 Å². The summed E-state index contributed by atoms with van der Waals surface area (Å²) in [7, 11) is 0. The highest BCUT2D eigenvalue weighted by Gasteiger charge is 1.78. The summed E-state index contributed by atoms with van der Waals surface area (Å²) in [5.41, 5.74) is 3.81. The van der Waals surface area contributed by atoms with E-state index >= 15 is 0 Å². The molecule has 316 valence electrons. The van der Waals surface area contributed by atoms with Crippen LogP contribution in [0.2, 0.25) is 0 Å². The third kappa shape index (κ3) is 60.3. The number of nitrogens with zero attached hydrogens (tertiary/aromatic N) is 16. The van der Waals surface area contributed by atoms with Crippen LogP contribution in [0.3, 0.4) is 0 Å². The lowest BCUT2D eigenvalue weighted by Crippen LogP contribution is -1.85. The van der Waals surface area contributed by atoms with Crippen molar-refractivity contribution in [2.24, 2.45) is 0 Å². The zero-order valence-corrected chi connectivity index (χ0v) is 36.2. The molecular formula is C40H76N16. The number of rotatable bonds is 0. The van der Waals surface area contributed by atoms with Crippen LogP contribution in [0.1, 0.15) is 132 Å². The molecule has 0 amide bonds. The summed E-state index contributed by atoms with van der Waals surface area (Å²) < 4.78 is 0. The van der Waals surface area contributed by atoms with Crippen molar-refractivity contribution in [3.63, 3.8) is 0 Å². The Morgan fingerprint density at radius 3 is 1.02 bits per heavy atom. The fraction of sp³-hybridized carbons (Fsp3) is 0.500. The molecule has 56 heavy (non-hydrogen) atoms. The van der Waals surface area contributed by atoms with Crippen LogP contribution >= 0.6 is 0 Å². The molecule has 0 saturated carbocycles. The Hall–Kier alpha value is -5.80. The SMILES string of the molecule is C.C.CC.CC.CC.CC.CC.CC.Cc1cnccn1.Cc1cncnc1.Cc1cncnn1.Cc1cnncn1.Cc1nccnn1.Cc1ncncn1. The van der Waals surface area contributed by atoms with Gasteiger partial charge in [0.2, 0.25) is 0 Å². The number of aromatic nitrogens is 16. The Morgan fingerprint density at radius 1 is 0.304 bits per heavy atom. The van der Waals surface area contributed by atoms with Crippen molar-refractivity contribution in [3.8, 4) is 0 Å². The highest BCUT2D eigenvalue weighted by Crippen LogP contribution is 1.84. The maximum absolute atomic E-state index is 3.92. The topological polar surface area (TPSA) is 206 Å². The highest BCUT2D eigenvalue weighted by atomic mass is 15.1. The van der Waals surface area contributed by atoms with Crippen LogP contribution in [0.5, 0.6) is 0 Å². The van der Waals surface area contributed by atoms with E-state index in [1.807, 2.05) is 118 Å². The maximum atomic E-state index is 3.92.